The monoisotopic (exact) mass is 385 g/mol. The molecule has 28 heavy (non-hydrogen) atoms. The Labute approximate surface area is 163 Å². The first kappa shape index (κ1) is 18.5. The molecule has 0 bridgehead atoms. The fourth-order valence-corrected chi connectivity index (χ4v) is 3.28. The number of hydrazone groups is 1. The van der Waals surface area contributed by atoms with Crippen molar-refractivity contribution in [3.63, 3.8) is 0 Å². The number of nitrogens with zero attached hydrogens (tertiary/aromatic N) is 6. The lowest BCUT2D eigenvalue weighted by molar-refractivity contribution is 0.122. The van der Waals surface area contributed by atoms with Gasteiger partial charge < -0.3 is 14.5 Å². The molecule has 0 amide bonds. The summed E-state index contributed by atoms with van der Waals surface area (Å²) in [5.41, 5.74) is 3.23. The largest absolute Gasteiger partial charge is 0.378 e. The molecule has 0 spiro atoms. The van der Waals surface area contributed by atoms with Gasteiger partial charge in [-0.15, -0.1) is 0 Å². The van der Waals surface area contributed by atoms with Crippen molar-refractivity contribution in [1.82, 2.24) is 15.0 Å². The van der Waals surface area contributed by atoms with Gasteiger partial charge in [0.1, 0.15) is 5.82 Å². The van der Waals surface area contributed by atoms with Gasteiger partial charge in [0.2, 0.25) is 17.8 Å². The average molecular weight is 385 g/mol. The van der Waals surface area contributed by atoms with Crippen LogP contribution in [0.2, 0.25) is 0 Å². The van der Waals surface area contributed by atoms with Crippen LogP contribution in [0.25, 0.3) is 0 Å². The summed E-state index contributed by atoms with van der Waals surface area (Å²) in [4.78, 5) is 18.0. The molecule has 1 aromatic carbocycles. The maximum absolute atomic E-state index is 13.7. The van der Waals surface area contributed by atoms with E-state index in [2.05, 4.69) is 35.3 Å². The molecular weight excluding hydrogens is 361 g/mol. The van der Waals surface area contributed by atoms with Crippen molar-refractivity contribution in [2.75, 3.05) is 54.6 Å². The van der Waals surface area contributed by atoms with Gasteiger partial charge in [0.15, 0.2) is 0 Å². The van der Waals surface area contributed by atoms with E-state index in [0.29, 0.717) is 36.6 Å². The topological polar surface area (TPSA) is 78.8 Å². The molecule has 0 atom stereocenters. The minimum atomic E-state index is -0.327. The van der Waals surface area contributed by atoms with Crippen LogP contribution in [0.3, 0.4) is 0 Å². The van der Waals surface area contributed by atoms with E-state index < -0.39 is 0 Å². The Bertz CT molecular complexity index is 783. The summed E-state index contributed by atoms with van der Waals surface area (Å²) in [6.45, 7) is 4.65. The molecule has 8 nitrogen and oxygen atoms in total. The fourth-order valence-electron chi connectivity index (χ4n) is 3.28. The number of piperidine rings is 1. The van der Waals surface area contributed by atoms with Crippen LogP contribution < -0.4 is 15.2 Å². The summed E-state index contributed by atoms with van der Waals surface area (Å²) >= 11 is 0. The van der Waals surface area contributed by atoms with Gasteiger partial charge in [0.25, 0.3) is 0 Å². The lowest BCUT2D eigenvalue weighted by atomic mass is 10.1. The third kappa shape index (κ3) is 4.53. The van der Waals surface area contributed by atoms with Crippen molar-refractivity contribution in [3.8, 4) is 0 Å². The SMILES string of the molecule is Fc1ccccc1/C=N\Nc1nc(N2CCCCC2)nc(N2CCOCC2)n1. The van der Waals surface area contributed by atoms with Crippen molar-refractivity contribution in [1.29, 1.82) is 0 Å². The van der Waals surface area contributed by atoms with E-state index in [-0.39, 0.29) is 5.82 Å². The molecule has 0 aliphatic carbocycles. The number of halogens is 1. The minimum absolute atomic E-state index is 0.327. The van der Waals surface area contributed by atoms with Crippen LogP contribution in [0.5, 0.6) is 0 Å². The smallest absolute Gasteiger partial charge is 0.250 e. The van der Waals surface area contributed by atoms with Crippen molar-refractivity contribution in [3.05, 3.63) is 35.6 Å². The number of aromatic nitrogens is 3. The zero-order valence-corrected chi connectivity index (χ0v) is 15.7. The Morgan fingerprint density at radius 2 is 1.61 bits per heavy atom. The van der Waals surface area contributed by atoms with Gasteiger partial charge in [0, 0.05) is 31.7 Å². The standard InChI is InChI=1S/C19H24FN7O/c20-16-7-3-2-6-15(16)14-21-25-17-22-18(26-8-4-1-5-9-26)24-19(23-17)27-10-12-28-13-11-27/h2-3,6-7,14H,1,4-5,8-13H2,(H,22,23,24,25)/b21-14-. The van der Waals surface area contributed by atoms with E-state index in [1.807, 2.05) is 0 Å². The Hall–Kier alpha value is -2.81. The van der Waals surface area contributed by atoms with Gasteiger partial charge in [-0.1, -0.05) is 18.2 Å². The number of morpholine rings is 1. The first-order chi connectivity index (χ1) is 13.8. The first-order valence-corrected chi connectivity index (χ1v) is 9.67. The van der Waals surface area contributed by atoms with Crippen LogP contribution in [0.1, 0.15) is 24.8 Å². The lowest BCUT2D eigenvalue weighted by Crippen LogP contribution is -2.38. The van der Waals surface area contributed by atoms with E-state index >= 15 is 0 Å². The first-order valence-electron chi connectivity index (χ1n) is 9.67. The molecule has 0 unspecified atom stereocenters. The average Bonchev–Trinajstić information content (AvgIpc) is 2.76. The zero-order chi connectivity index (χ0) is 19.2. The molecule has 9 heteroatoms. The number of rotatable bonds is 5. The molecular formula is C19H24FN7O. The van der Waals surface area contributed by atoms with Crippen LogP contribution in [0.4, 0.5) is 22.2 Å². The van der Waals surface area contributed by atoms with Gasteiger partial charge in [-0.2, -0.15) is 20.1 Å². The molecule has 4 rings (SSSR count). The van der Waals surface area contributed by atoms with Gasteiger partial charge in [-0.3, -0.25) is 0 Å². The van der Waals surface area contributed by atoms with E-state index in [0.717, 1.165) is 39.0 Å². The summed E-state index contributed by atoms with van der Waals surface area (Å²) < 4.78 is 19.2. The normalized spacial score (nSPS) is 17.9. The summed E-state index contributed by atoms with van der Waals surface area (Å²) in [7, 11) is 0. The van der Waals surface area contributed by atoms with Gasteiger partial charge >= 0.3 is 0 Å². The second-order valence-electron chi connectivity index (χ2n) is 6.80. The zero-order valence-electron chi connectivity index (χ0n) is 15.7. The molecule has 3 heterocycles. The molecule has 1 aromatic heterocycles. The third-order valence-corrected chi connectivity index (χ3v) is 4.82. The number of ether oxygens (including phenoxy) is 1. The third-order valence-electron chi connectivity index (χ3n) is 4.82. The number of benzene rings is 1. The lowest BCUT2D eigenvalue weighted by Gasteiger charge is -2.30. The predicted molar refractivity (Wildman–Crippen MR) is 107 cm³/mol. The fraction of sp³-hybridized carbons (Fsp3) is 0.474. The second kappa shape index (κ2) is 8.92. The van der Waals surface area contributed by atoms with E-state index in [9.17, 15) is 4.39 Å². The molecule has 2 aliphatic heterocycles. The van der Waals surface area contributed by atoms with Crippen LogP contribution in [-0.4, -0.2) is 60.6 Å². The number of nitrogens with one attached hydrogen (secondary N) is 1. The highest BCUT2D eigenvalue weighted by molar-refractivity contribution is 5.80. The van der Waals surface area contributed by atoms with Crippen molar-refractivity contribution in [2.24, 2.45) is 5.10 Å². The molecule has 2 aromatic rings. The summed E-state index contributed by atoms with van der Waals surface area (Å²) in [6, 6.07) is 6.46. The van der Waals surface area contributed by atoms with E-state index in [1.165, 1.54) is 18.7 Å². The Morgan fingerprint density at radius 3 is 2.32 bits per heavy atom. The highest BCUT2D eigenvalue weighted by Gasteiger charge is 2.20. The van der Waals surface area contributed by atoms with Crippen LogP contribution in [0, 0.1) is 5.82 Å². The number of anilines is 3. The Kier molecular flexibility index (Phi) is 5.91. The van der Waals surface area contributed by atoms with Crippen LogP contribution in [-0.2, 0) is 4.74 Å². The quantitative estimate of drug-likeness (QED) is 0.625. The molecule has 2 aliphatic rings. The highest BCUT2D eigenvalue weighted by atomic mass is 19.1. The van der Waals surface area contributed by atoms with E-state index in [1.54, 1.807) is 18.2 Å². The van der Waals surface area contributed by atoms with Crippen LogP contribution in [0.15, 0.2) is 29.4 Å². The van der Waals surface area contributed by atoms with Gasteiger partial charge in [-0.25, -0.2) is 9.82 Å². The van der Waals surface area contributed by atoms with Crippen molar-refractivity contribution < 1.29 is 9.13 Å². The van der Waals surface area contributed by atoms with Gasteiger partial charge in [-0.05, 0) is 25.3 Å². The minimum Gasteiger partial charge on any atom is -0.378 e. The molecule has 0 saturated carbocycles. The summed E-state index contributed by atoms with van der Waals surface area (Å²) in [6.07, 6.45) is 4.92. The second-order valence-corrected chi connectivity index (χ2v) is 6.80. The summed E-state index contributed by atoms with van der Waals surface area (Å²) in [5.74, 6) is 1.29. The number of hydrogen-bond donors (Lipinski definition) is 1. The maximum Gasteiger partial charge on any atom is 0.250 e. The number of hydrogen-bond acceptors (Lipinski definition) is 8. The Morgan fingerprint density at radius 1 is 0.929 bits per heavy atom. The Balaban J connectivity index is 1.56. The molecule has 1 N–H and O–H groups in total. The molecule has 2 saturated heterocycles. The predicted octanol–water partition coefficient (Wildman–Crippen LogP) is 2.28. The highest BCUT2D eigenvalue weighted by Crippen LogP contribution is 2.21. The van der Waals surface area contributed by atoms with Crippen LogP contribution >= 0.6 is 0 Å². The molecule has 148 valence electrons. The molecule has 0 radical (unpaired) electrons. The summed E-state index contributed by atoms with van der Waals surface area (Å²) in [5, 5.41) is 4.12. The van der Waals surface area contributed by atoms with E-state index in [4.69, 9.17) is 4.74 Å². The molecule has 2 fully saturated rings. The van der Waals surface area contributed by atoms with Crippen molar-refractivity contribution >= 4 is 24.1 Å². The maximum atomic E-state index is 13.7. The van der Waals surface area contributed by atoms with Gasteiger partial charge in [0.05, 0.1) is 19.4 Å². The van der Waals surface area contributed by atoms with Crippen molar-refractivity contribution in [2.45, 2.75) is 19.3 Å².